The molecule has 2 N–H and O–H groups in total. The zero-order valence-electron chi connectivity index (χ0n) is 19.7. The molecule has 2 amide bonds. The molecule has 3 aromatic rings. The molecule has 7 nitrogen and oxygen atoms in total. The maximum absolute atomic E-state index is 12.7. The lowest BCUT2D eigenvalue weighted by Gasteiger charge is -2.18. The molecule has 0 bridgehead atoms. The van der Waals surface area contributed by atoms with E-state index in [0.29, 0.717) is 47.4 Å². The minimum atomic E-state index is -0.343. The summed E-state index contributed by atoms with van der Waals surface area (Å²) in [5.74, 6) is 0.829. The molecule has 3 rings (SSSR count). The van der Waals surface area contributed by atoms with E-state index in [4.69, 9.17) is 14.2 Å². The first-order chi connectivity index (χ1) is 16.5. The van der Waals surface area contributed by atoms with Crippen molar-refractivity contribution in [2.45, 2.75) is 27.2 Å². The summed E-state index contributed by atoms with van der Waals surface area (Å²) in [7, 11) is 0. The Morgan fingerprint density at radius 1 is 0.735 bits per heavy atom. The maximum Gasteiger partial charge on any atom is 0.262 e. The van der Waals surface area contributed by atoms with Gasteiger partial charge in [0.2, 0.25) is 0 Å². The van der Waals surface area contributed by atoms with E-state index in [2.05, 4.69) is 17.6 Å². The molecule has 7 heteroatoms. The molecule has 0 spiro atoms. The smallest absolute Gasteiger partial charge is 0.262 e. The SMILES string of the molecule is CCOc1cc(NC(=O)c2ccccc2)c(OCC)cc1NC(=O)COc1ccc(CC)cc1. The van der Waals surface area contributed by atoms with Crippen LogP contribution in [0.3, 0.4) is 0 Å². The van der Waals surface area contributed by atoms with Crippen LogP contribution < -0.4 is 24.8 Å². The molecule has 178 valence electrons. The van der Waals surface area contributed by atoms with Crippen LogP contribution in [0, 0.1) is 0 Å². The van der Waals surface area contributed by atoms with Crippen LogP contribution in [0.15, 0.2) is 66.7 Å². The summed E-state index contributed by atoms with van der Waals surface area (Å²) in [6, 6.07) is 19.8. The molecular formula is C27H30N2O5. The van der Waals surface area contributed by atoms with Crippen molar-refractivity contribution in [1.82, 2.24) is 0 Å². The zero-order valence-corrected chi connectivity index (χ0v) is 19.7. The molecule has 0 unspecified atom stereocenters. The summed E-state index contributed by atoms with van der Waals surface area (Å²) < 4.78 is 17.1. The van der Waals surface area contributed by atoms with Crippen LogP contribution in [-0.2, 0) is 11.2 Å². The van der Waals surface area contributed by atoms with Gasteiger partial charge in [-0.2, -0.15) is 0 Å². The first kappa shape index (κ1) is 24.6. The van der Waals surface area contributed by atoms with Crippen LogP contribution in [0.1, 0.15) is 36.7 Å². The van der Waals surface area contributed by atoms with Gasteiger partial charge < -0.3 is 24.8 Å². The molecule has 0 aliphatic heterocycles. The number of rotatable bonds is 11. The fourth-order valence-electron chi connectivity index (χ4n) is 3.25. The average Bonchev–Trinajstić information content (AvgIpc) is 2.86. The highest BCUT2D eigenvalue weighted by Gasteiger charge is 2.17. The van der Waals surface area contributed by atoms with Crippen LogP contribution in [-0.4, -0.2) is 31.6 Å². The van der Waals surface area contributed by atoms with Gasteiger partial charge in [0.25, 0.3) is 11.8 Å². The molecule has 0 heterocycles. The maximum atomic E-state index is 12.7. The highest BCUT2D eigenvalue weighted by molar-refractivity contribution is 6.05. The number of carbonyl (C=O) groups is 2. The predicted molar refractivity (Wildman–Crippen MR) is 133 cm³/mol. The third-order valence-electron chi connectivity index (χ3n) is 4.94. The number of aryl methyl sites for hydroxylation is 1. The van der Waals surface area contributed by atoms with Crippen LogP contribution >= 0.6 is 0 Å². The highest BCUT2D eigenvalue weighted by atomic mass is 16.5. The Hall–Kier alpha value is -4.00. The van der Waals surface area contributed by atoms with Gasteiger partial charge in [-0.15, -0.1) is 0 Å². The van der Waals surface area contributed by atoms with E-state index in [1.54, 1.807) is 36.4 Å². The highest BCUT2D eigenvalue weighted by Crippen LogP contribution is 2.37. The van der Waals surface area contributed by atoms with Gasteiger partial charge in [0.1, 0.15) is 17.2 Å². The van der Waals surface area contributed by atoms with E-state index in [9.17, 15) is 9.59 Å². The lowest BCUT2D eigenvalue weighted by molar-refractivity contribution is -0.118. The zero-order chi connectivity index (χ0) is 24.3. The van der Waals surface area contributed by atoms with Crippen molar-refractivity contribution < 1.29 is 23.8 Å². The predicted octanol–water partition coefficient (Wildman–Crippen LogP) is 5.32. The van der Waals surface area contributed by atoms with Crippen LogP contribution in [0.5, 0.6) is 17.2 Å². The Kier molecular flexibility index (Phi) is 8.91. The molecule has 0 aliphatic carbocycles. The second kappa shape index (κ2) is 12.3. The van der Waals surface area contributed by atoms with Gasteiger partial charge in [-0.1, -0.05) is 37.3 Å². The topological polar surface area (TPSA) is 85.9 Å². The van der Waals surface area contributed by atoms with E-state index >= 15 is 0 Å². The molecule has 0 saturated carbocycles. The number of hydrogen-bond donors (Lipinski definition) is 2. The third-order valence-corrected chi connectivity index (χ3v) is 4.94. The minimum absolute atomic E-state index is 0.159. The van der Waals surface area contributed by atoms with Crippen molar-refractivity contribution in [3.63, 3.8) is 0 Å². The van der Waals surface area contributed by atoms with E-state index in [0.717, 1.165) is 6.42 Å². The summed E-state index contributed by atoms with van der Waals surface area (Å²) in [6.07, 6.45) is 0.935. The van der Waals surface area contributed by atoms with Gasteiger partial charge >= 0.3 is 0 Å². The van der Waals surface area contributed by atoms with Gasteiger partial charge in [-0.25, -0.2) is 0 Å². The monoisotopic (exact) mass is 462 g/mol. The van der Waals surface area contributed by atoms with Crippen molar-refractivity contribution in [2.75, 3.05) is 30.5 Å². The number of carbonyl (C=O) groups excluding carboxylic acids is 2. The van der Waals surface area contributed by atoms with Gasteiger partial charge in [0.05, 0.1) is 24.6 Å². The Morgan fingerprint density at radius 3 is 1.88 bits per heavy atom. The average molecular weight is 463 g/mol. The summed E-state index contributed by atoms with van der Waals surface area (Å²) in [6.45, 7) is 6.36. The van der Waals surface area contributed by atoms with Gasteiger partial charge in [-0.3, -0.25) is 9.59 Å². The van der Waals surface area contributed by atoms with Crippen molar-refractivity contribution in [3.8, 4) is 17.2 Å². The Bertz CT molecular complexity index is 1100. The number of nitrogens with one attached hydrogen (secondary N) is 2. The molecule has 0 radical (unpaired) electrons. The number of hydrogen-bond acceptors (Lipinski definition) is 5. The summed E-state index contributed by atoms with van der Waals surface area (Å²) in [5, 5.41) is 5.68. The van der Waals surface area contributed by atoms with Gasteiger partial charge in [-0.05, 0) is 50.1 Å². The van der Waals surface area contributed by atoms with E-state index in [1.807, 2.05) is 44.2 Å². The minimum Gasteiger partial charge on any atom is -0.492 e. The largest absolute Gasteiger partial charge is 0.492 e. The number of anilines is 2. The lowest BCUT2D eigenvalue weighted by Crippen LogP contribution is -2.21. The fraction of sp³-hybridized carbons (Fsp3) is 0.259. The van der Waals surface area contributed by atoms with E-state index < -0.39 is 0 Å². The first-order valence-electron chi connectivity index (χ1n) is 11.4. The van der Waals surface area contributed by atoms with Gasteiger partial charge in [0.15, 0.2) is 6.61 Å². The molecule has 0 aliphatic rings. The summed E-state index contributed by atoms with van der Waals surface area (Å²) in [4.78, 5) is 25.2. The molecule has 0 atom stereocenters. The molecule has 0 aromatic heterocycles. The van der Waals surface area contributed by atoms with Crippen molar-refractivity contribution in [1.29, 1.82) is 0 Å². The number of ether oxygens (including phenoxy) is 3. The van der Waals surface area contributed by atoms with Crippen molar-refractivity contribution in [2.24, 2.45) is 0 Å². The quantitative estimate of drug-likeness (QED) is 0.403. The van der Waals surface area contributed by atoms with Crippen molar-refractivity contribution in [3.05, 3.63) is 77.9 Å². The van der Waals surface area contributed by atoms with E-state index in [1.165, 1.54) is 5.56 Å². The normalized spacial score (nSPS) is 10.3. The van der Waals surface area contributed by atoms with Gasteiger partial charge in [0, 0.05) is 17.7 Å². The molecule has 34 heavy (non-hydrogen) atoms. The third kappa shape index (κ3) is 6.75. The lowest BCUT2D eigenvalue weighted by atomic mass is 10.2. The van der Waals surface area contributed by atoms with E-state index in [-0.39, 0.29) is 18.4 Å². The number of benzene rings is 3. The van der Waals surface area contributed by atoms with Crippen LogP contribution in [0.4, 0.5) is 11.4 Å². The molecular weight excluding hydrogens is 432 g/mol. The Balaban J connectivity index is 1.76. The number of amides is 2. The fourth-order valence-corrected chi connectivity index (χ4v) is 3.25. The second-order valence-electron chi connectivity index (χ2n) is 7.37. The standard InChI is InChI=1S/C27H30N2O5/c1-4-19-12-14-21(15-13-19)34-18-26(30)28-22-16-25(33-6-3)23(17-24(22)32-5-2)29-27(31)20-10-8-7-9-11-20/h7-17H,4-6,18H2,1-3H3,(H,28,30)(H,29,31). The van der Waals surface area contributed by atoms with Crippen LogP contribution in [0.2, 0.25) is 0 Å². The Labute approximate surface area is 200 Å². The molecule has 3 aromatic carbocycles. The second-order valence-corrected chi connectivity index (χ2v) is 7.37. The van der Waals surface area contributed by atoms with Crippen LogP contribution in [0.25, 0.3) is 0 Å². The molecule has 0 saturated heterocycles. The Morgan fingerprint density at radius 2 is 1.32 bits per heavy atom. The van der Waals surface area contributed by atoms with Crippen molar-refractivity contribution >= 4 is 23.2 Å². The summed E-state index contributed by atoms with van der Waals surface area (Å²) >= 11 is 0. The first-order valence-corrected chi connectivity index (χ1v) is 11.4. The summed E-state index contributed by atoms with van der Waals surface area (Å²) in [5.41, 5.74) is 2.59. The molecule has 0 fully saturated rings.